The number of aromatic nitrogens is 1. The molecular formula is C12H13FN2Se. The Bertz CT molecular complexity index is 523. The number of benzene rings is 1. The first kappa shape index (κ1) is 10.5. The van der Waals surface area contributed by atoms with Gasteiger partial charge in [-0.2, -0.15) is 0 Å². The number of hydrogen-bond acceptors (Lipinski definition) is 2. The van der Waals surface area contributed by atoms with Crippen molar-refractivity contribution in [3.63, 3.8) is 0 Å². The topological polar surface area (TPSA) is 16.1 Å². The molecule has 2 nitrogen and oxygen atoms in total. The summed E-state index contributed by atoms with van der Waals surface area (Å²) in [5, 5.41) is 1.20. The van der Waals surface area contributed by atoms with E-state index in [0.29, 0.717) is 5.92 Å². The molecule has 84 valence electrons. The van der Waals surface area contributed by atoms with E-state index in [4.69, 9.17) is 0 Å². The maximum atomic E-state index is 13.1. The van der Waals surface area contributed by atoms with Gasteiger partial charge in [0.25, 0.3) is 0 Å². The Morgan fingerprint density at radius 1 is 1.50 bits per heavy atom. The predicted octanol–water partition coefficient (Wildman–Crippen LogP) is 1.85. The molecule has 1 aromatic heterocycles. The number of rotatable bonds is 1. The maximum absolute atomic E-state index is 13.1. The van der Waals surface area contributed by atoms with Crippen LogP contribution in [-0.2, 0) is 0 Å². The van der Waals surface area contributed by atoms with E-state index in [0.717, 1.165) is 17.3 Å². The Morgan fingerprint density at radius 2 is 2.38 bits per heavy atom. The first-order valence-corrected chi connectivity index (χ1v) is 7.09. The molecule has 0 unspecified atom stereocenters. The molecule has 2 heterocycles. The van der Waals surface area contributed by atoms with Gasteiger partial charge in [0.05, 0.1) is 0 Å². The summed E-state index contributed by atoms with van der Waals surface area (Å²) in [6.07, 6.45) is 1.18. The van der Waals surface area contributed by atoms with Gasteiger partial charge in [0.1, 0.15) is 0 Å². The predicted molar refractivity (Wildman–Crippen MR) is 63.5 cm³/mol. The second-order valence-electron chi connectivity index (χ2n) is 4.46. The van der Waals surface area contributed by atoms with Crippen LogP contribution in [-0.4, -0.2) is 43.7 Å². The number of fused-ring (bicyclic) bond motifs is 1. The van der Waals surface area contributed by atoms with Gasteiger partial charge >= 0.3 is 99.8 Å². The number of nitrogens with zero attached hydrogens (tertiary/aromatic N) is 2. The third-order valence-electron chi connectivity index (χ3n) is 3.24. The van der Waals surface area contributed by atoms with Gasteiger partial charge in [0, 0.05) is 0 Å². The van der Waals surface area contributed by atoms with Crippen LogP contribution >= 0.6 is 0 Å². The van der Waals surface area contributed by atoms with E-state index in [1.807, 2.05) is 6.07 Å². The molecule has 0 N–H and O–H groups in total. The van der Waals surface area contributed by atoms with Crippen LogP contribution in [0.3, 0.4) is 0 Å². The van der Waals surface area contributed by atoms with Crippen molar-refractivity contribution < 1.29 is 4.39 Å². The molecular weight excluding hydrogens is 270 g/mol. The molecule has 0 aliphatic carbocycles. The fraction of sp³-hybridized carbons (Fsp3) is 0.417. The van der Waals surface area contributed by atoms with Crippen molar-refractivity contribution in [1.82, 2.24) is 8.88 Å². The van der Waals surface area contributed by atoms with E-state index in [-0.39, 0.29) is 20.5 Å². The summed E-state index contributed by atoms with van der Waals surface area (Å²) >= 11 is 0.0912. The first-order valence-electron chi connectivity index (χ1n) is 5.47. The average Bonchev–Trinajstić information content (AvgIpc) is 2.83. The van der Waals surface area contributed by atoms with Crippen LogP contribution in [0, 0.1) is 5.82 Å². The van der Waals surface area contributed by atoms with Gasteiger partial charge in [-0.25, -0.2) is 0 Å². The van der Waals surface area contributed by atoms with Crippen LogP contribution < -0.4 is 0 Å². The zero-order chi connectivity index (χ0) is 11.1. The van der Waals surface area contributed by atoms with E-state index in [9.17, 15) is 4.39 Å². The molecule has 1 atom stereocenters. The summed E-state index contributed by atoms with van der Waals surface area (Å²) in [5.41, 5.74) is 1.22. The number of halogens is 1. The standard InChI is InChI=1S/C12H13FN2Se/c1-15-5-4-8(7-15)12-10-3-2-9(13)6-11(10)16-14-12/h2-3,6,8H,4-5,7H2,1H3/t8-/m0/s1. The Morgan fingerprint density at radius 3 is 3.12 bits per heavy atom. The van der Waals surface area contributed by atoms with Crippen LogP contribution in [0.2, 0.25) is 0 Å². The van der Waals surface area contributed by atoms with E-state index >= 15 is 0 Å². The van der Waals surface area contributed by atoms with Crippen LogP contribution in [0.1, 0.15) is 18.0 Å². The molecule has 0 bridgehead atoms. The summed E-state index contributed by atoms with van der Waals surface area (Å²) in [4.78, 5) is 2.34. The summed E-state index contributed by atoms with van der Waals surface area (Å²) in [6.45, 7) is 2.24. The third-order valence-corrected chi connectivity index (χ3v) is 4.97. The molecule has 1 aliphatic heterocycles. The summed E-state index contributed by atoms with van der Waals surface area (Å²) in [6, 6.07) is 5.09. The van der Waals surface area contributed by atoms with Crippen molar-refractivity contribution in [2.45, 2.75) is 12.3 Å². The third kappa shape index (κ3) is 1.71. The van der Waals surface area contributed by atoms with Crippen molar-refractivity contribution in [3.8, 4) is 0 Å². The number of likely N-dealkylation sites (N-methyl/N-ethyl adjacent to an activating group) is 1. The van der Waals surface area contributed by atoms with Crippen LogP contribution in [0.5, 0.6) is 0 Å². The van der Waals surface area contributed by atoms with Crippen LogP contribution in [0.15, 0.2) is 18.2 Å². The van der Waals surface area contributed by atoms with Crippen molar-refractivity contribution in [1.29, 1.82) is 0 Å². The molecule has 0 saturated carbocycles. The minimum absolute atomic E-state index is 0.0912. The molecule has 1 fully saturated rings. The zero-order valence-corrected chi connectivity index (χ0v) is 10.8. The molecule has 4 heteroatoms. The minimum atomic E-state index is -0.138. The quantitative estimate of drug-likeness (QED) is 0.743. The average molecular weight is 283 g/mol. The fourth-order valence-corrected chi connectivity index (χ4v) is 4.23. The molecule has 0 radical (unpaired) electrons. The van der Waals surface area contributed by atoms with Gasteiger partial charge in [-0.15, -0.1) is 0 Å². The second kappa shape index (κ2) is 3.95. The number of hydrogen-bond donors (Lipinski definition) is 0. The molecule has 3 rings (SSSR count). The molecule has 2 aromatic rings. The normalized spacial score (nSPS) is 22.0. The Balaban J connectivity index is 2.04. The molecule has 1 aliphatic rings. The molecule has 0 spiro atoms. The monoisotopic (exact) mass is 284 g/mol. The van der Waals surface area contributed by atoms with Gasteiger partial charge in [-0.05, 0) is 0 Å². The summed E-state index contributed by atoms with van der Waals surface area (Å²) in [7, 11) is 2.15. The summed E-state index contributed by atoms with van der Waals surface area (Å²) in [5.74, 6) is 0.416. The fourth-order valence-electron chi connectivity index (χ4n) is 2.38. The van der Waals surface area contributed by atoms with E-state index in [2.05, 4.69) is 15.9 Å². The summed E-state index contributed by atoms with van der Waals surface area (Å²) < 4.78 is 18.8. The number of likely N-dealkylation sites (tertiary alicyclic amines) is 1. The van der Waals surface area contributed by atoms with Crippen molar-refractivity contribution in [3.05, 3.63) is 29.7 Å². The Hall–Kier alpha value is -0.701. The van der Waals surface area contributed by atoms with Crippen molar-refractivity contribution in [2.24, 2.45) is 0 Å². The zero-order valence-electron chi connectivity index (χ0n) is 9.11. The molecule has 1 aromatic carbocycles. The second-order valence-corrected chi connectivity index (χ2v) is 6.15. The van der Waals surface area contributed by atoms with Crippen molar-refractivity contribution in [2.75, 3.05) is 20.1 Å². The Labute approximate surface area is 100 Å². The van der Waals surface area contributed by atoms with Gasteiger partial charge in [-0.1, -0.05) is 0 Å². The van der Waals surface area contributed by atoms with Gasteiger partial charge in [0.15, 0.2) is 0 Å². The van der Waals surface area contributed by atoms with Gasteiger partial charge < -0.3 is 0 Å². The first-order chi connectivity index (χ1) is 7.74. The van der Waals surface area contributed by atoms with Crippen molar-refractivity contribution >= 4 is 24.4 Å². The molecule has 1 saturated heterocycles. The Kier molecular flexibility index (Phi) is 2.58. The molecule has 16 heavy (non-hydrogen) atoms. The van der Waals surface area contributed by atoms with Gasteiger partial charge in [0.2, 0.25) is 0 Å². The van der Waals surface area contributed by atoms with E-state index in [1.54, 1.807) is 12.1 Å². The van der Waals surface area contributed by atoms with Crippen LogP contribution in [0.4, 0.5) is 4.39 Å². The van der Waals surface area contributed by atoms with Crippen LogP contribution in [0.25, 0.3) is 9.65 Å². The van der Waals surface area contributed by atoms with E-state index in [1.165, 1.54) is 17.5 Å². The van der Waals surface area contributed by atoms with Gasteiger partial charge in [-0.3, -0.25) is 0 Å². The molecule has 0 amide bonds. The SMILES string of the molecule is CN1CC[C@H](c2n[se]c3cc(F)ccc23)C1. The van der Waals surface area contributed by atoms with E-state index < -0.39 is 0 Å².